The summed E-state index contributed by atoms with van der Waals surface area (Å²) in [6, 6.07) is 0. The van der Waals surface area contributed by atoms with Crippen LogP contribution < -0.4 is 0 Å². The van der Waals surface area contributed by atoms with Gasteiger partial charge in [0, 0.05) is 24.7 Å². The summed E-state index contributed by atoms with van der Waals surface area (Å²) < 4.78 is 5.51. The molecule has 3 rings (SSSR count). The molecule has 3 aliphatic rings. The van der Waals surface area contributed by atoms with Gasteiger partial charge in [0.05, 0.1) is 13.2 Å². The number of hydrogen-bond donors (Lipinski definition) is 0. The summed E-state index contributed by atoms with van der Waals surface area (Å²) in [5.41, 5.74) is 1.83. The van der Waals surface area contributed by atoms with E-state index in [1.54, 1.807) is 0 Å². The van der Waals surface area contributed by atoms with Crippen molar-refractivity contribution < 1.29 is 4.74 Å². The molecule has 19 heavy (non-hydrogen) atoms. The van der Waals surface area contributed by atoms with E-state index in [-0.39, 0.29) is 0 Å². The first-order valence-electron chi connectivity index (χ1n) is 7.95. The molecule has 0 aromatic rings. The number of likely N-dealkylation sites (tertiary alicyclic amines) is 1. The number of rotatable bonds is 3. The quantitative estimate of drug-likeness (QED) is 0.774. The van der Waals surface area contributed by atoms with Crippen molar-refractivity contribution in [3.05, 3.63) is 12.3 Å². The zero-order valence-corrected chi connectivity index (χ0v) is 13.0. The van der Waals surface area contributed by atoms with E-state index in [9.17, 15) is 0 Å². The highest BCUT2D eigenvalue weighted by molar-refractivity contribution is 5.19. The molecule has 2 aliphatic heterocycles. The van der Waals surface area contributed by atoms with E-state index in [2.05, 4.69) is 39.2 Å². The molecule has 4 unspecified atom stereocenters. The molecule has 108 valence electrons. The molecule has 3 fully saturated rings. The Morgan fingerprint density at radius 2 is 1.84 bits per heavy atom. The Morgan fingerprint density at radius 1 is 1.21 bits per heavy atom. The molecule has 2 heterocycles. The van der Waals surface area contributed by atoms with E-state index in [4.69, 9.17) is 4.74 Å². The molecule has 0 N–H and O–H groups in total. The third-order valence-corrected chi connectivity index (χ3v) is 5.82. The van der Waals surface area contributed by atoms with Crippen LogP contribution in [0.25, 0.3) is 0 Å². The maximum atomic E-state index is 5.51. The van der Waals surface area contributed by atoms with Crippen molar-refractivity contribution in [2.45, 2.75) is 34.1 Å². The van der Waals surface area contributed by atoms with Gasteiger partial charge in [-0.3, -0.25) is 0 Å². The van der Waals surface area contributed by atoms with Gasteiger partial charge in [-0.1, -0.05) is 40.7 Å². The fourth-order valence-corrected chi connectivity index (χ4v) is 4.45. The molecule has 1 aliphatic carbocycles. The van der Waals surface area contributed by atoms with Crippen molar-refractivity contribution >= 4 is 0 Å². The zero-order chi connectivity index (χ0) is 13.8. The predicted molar refractivity (Wildman–Crippen MR) is 78.7 cm³/mol. The number of nitrogens with zero attached hydrogens (tertiary/aromatic N) is 1. The highest BCUT2D eigenvalue weighted by atomic mass is 16.5. The van der Waals surface area contributed by atoms with Gasteiger partial charge in [0.15, 0.2) is 0 Å². The fourth-order valence-electron chi connectivity index (χ4n) is 4.45. The predicted octanol–water partition coefficient (Wildman–Crippen LogP) is 3.40. The number of hydrogen-bond acceptors (Lipinski definition) is 2. The minimum Gasteiger partial charge on any atom is -0.381 e. The highest BCUT2D eigenvalue weighted by Crippen LogP contribution is 2.56. The fraction of sp³-hybridized carbons (Fsp3) is 0.882. The van der Waals surface area contributed by atoms with E-state index in [1.165, 1.54) is 25.2 Å². The van der Waals surface area contributed by atoms with Gasteiger partial charge in [0.2, 0.25) is 0 Å². The molecule has 2 heteroatoms. The molecule has 0 aromatic heterocycles. The van der Waals surface area contributed by atoms with Crippen LogP contribution in [0.15, 0.2) is 12.3 Å². The van der Waals surface area contributed by atoms with Crippen molar-refractivity contribution in [1.29, 1.82) is 0 Å². The van der Waals surface area contributed by atoms with Crippen LogP contribution in [0.4, 0.5) is 0 Å². The second-order valence-electron chi connectivity index (χ2n) is 7.93. The number of allylic oxidation sites excluding steroid dienone is 1. The molecule has 2 saturated heterocycles. The van der Waals surface area contributed by atoms with Crippen LogP contribution in [0.1, 0.15) is 34.1 Å². The van der Waals surface area contributed by atoms with Crippen LogP contribution in [0.2, 0.25) is 0 Å². The van der Waals surface area contributed by atoms with Crippen LogP contribution in [0, 0.1) is 35.0 Å². The third-order valence-electron chi connectivity index (χ3n) is 5.82. The van der Waals surface area contributed by atoms with Crippen LogP contribution in [-0.2, 0) is 4.74 Å². The van der Waals surface area contributed by atoms with Gasteiger partial charge < -0.3 is 9.64 Å². The lowest BCUT2D eigenvalue weighted by molar-refractivity contribution is 0.150. The molecule has 0 amide bonds. The maximum absolute atomic E-state index is 5.51. The normalized spacial score (nSPS) is 41.5. The Labute approximate surface area is 118 Å². The maximum Gasteiger partial charge on any atom is 0.0504 e. The third kappa shape index (κ3) is 2.22. The molecule has 0 bridgehead atoms. The van der Waals surface area contributed by atoms with E-state index < -0.39 is 0 Å². The Balaban J connectivity index is 1.65. The summed E-state index contributed by atoms with van der Waals surface area (Å²) >= 11 is 0. The first-order valence-corrected chi connectivity index (χ1v) is 7.95. The minimum absolute atomic E-state index is 0.415. The molecular formula is C17H29NO. The van der Waals surface area contributed by atoms with E-state index in [0.717, 1.165) is 42.8 Å². The summed E-state index contributed by atoms with van der Waals surface area (Å²) in [5.74, 6) is 3.98. The average molecular weight is 263 g/mol. The summed E-state index contributed by atoms with van der Waals surface area (Å²) in [7, 11) is 0. The topological polar surface area (TPSA) is 12.5 Å². The molecule has 0 spiro atoms. The summed E-state index contributed by atoms with van der Waals surface area (Å²) in [6.07, 6.45) is 1.30. The smallest absolute Gasteiger partial charge is 0.0504 e. The number of fused-ring (bicyclic) bond motifs is 1. The summed E-state index contributed by atoms with van der Waals surface area (Å²) in [4.78, 5) is 2.60. The lowest BCUT2D eigenvalue weighted by Gasteiger charge is -2.31. The van der Waals surface area contributed by atoms with Crippen molar-refractivity contribution in [2.24, 2.45) is 35.0 Å². The highest BCUT2D eigenvalue weighted by Gasteiger charge is 2.56. The monoisotopic (exact) mass is 263 g/mol. The van der Waals surface area contributed by atoms with Gasteiger partial charge >= 0.3 is 0 Å². The minimum atomic E-state index is 0.415. The molecule has 4 atom stereocenters. The molecular weight excluding hydrogens is 234 g/mol. The van der Waals surface area contributed by atoms with Crippen molar-refractivity contribution in [1.82, 2.24) is 4.90 Å². The van der Waals surface area contributed by atoms with E-state index >= 15 is 0 Å². The summed E-state index contributed by atoms with van der Waals surface area (Å²) in [5, 5.41) is 0. The lowest BCUT2D eigenvalue weighted by atomic mass is 9.74. The van der Waals surface area contributed by atoms with Crippen LogP contribution >= 0.6 is 0 Å². The van der Waals surface area contributed by atoms with Crippen molar-refractivity contribution in [3.8, 4) is 0 Å². The first-order chi connectivity index (χ1) is 8.93. The first kappa shape index (κ1) is 13.5. The van der Waals surface area contributed by atoms with Crippen LogP contribution in [0.3, 0.4) is 0 Å². The van der Waals surface area contributed by atoms with Gasteiger partial charge in [-0.15, -0.1) is 0 Å². The van der Waals surface area contributed by atoms with Gasteiger partial charge in [-0.25, -0.2) is 0 Å². The Morgan fingerprint density at radius 3 is 2.32 bits per heavy atom. The van der Waals surface area contributed by atoms with Gasteiger partial charge in [-0.2, -0.15) is 0 Å². The van der Waals surface area contributed by atoms with E-state index in [1.807, 2.05) is 0 Å². The summed E-state index contributed by atoms with van der Waals surface area (Å²) in [6.45, 7) is 18.4. The van der Waals surface area contributed by atoms with Gasteiger partial charge in [-0.05, 0) is 29.1 Å². The van der Waals surface area contributed by atoms with Crippen molar-refractivity contribution in [3.63, 3.8) is 0 Å². The Bertz CT molecular complexity index is 360. The van der Waals surface area contributed by atoms with Crippen molar-refractivity contribution in [2.75, 3.05) is 26.3 Å². The Kier molecular flexibility index (Phi) is 3.20. The standard InChI is InChI=1S/C17H29NO/c1-6-12-7-18(8-15(12)17(3,4)5)11(2)16-13-9-19-10-14(13)16/h12-16H,2,6-10H2,1,3-5H3. The van der Waals surface area contributed by atoms with Crippen LogP contribution in [-0.4, -0.2) is 31.2 Å². The number of ether oxygens (including phenoxy) is 1. The van der Waals surface area contributed by atoms with Gasteiger partial charge in [0.1, 0.15) is 0 Å². The van der Waals surface area contributed by atoms with Gasteiger partial charge in [0.25, 0.3) is 0 Å². The zero-order valence-electron chi connectivity index (χ0n) is 13.0. The second kappa shape index (κ2) is 4.51. The SMILES string of the molecule is C=C(C1C2COCC21)N1CC(CC)C(C(C)(C)C)C1. The molecule has 0 radical (unpaired) electrons. The van der Waals surface area contributed by atoms with E-state index in [0.29, 0.717) is 5.41 Å². The molecule has 2 nitrogen and oxygen atoms in total. The van der Waals surface area contributed by atoms with Crippen LogP contribution in [0.5, 0.6) is 0 Å². The Hall–Kier alpha value is -0.500. The lowest BCUT2D eigenvalue weighted by Crippen LogP contribution is -2.28. The molecule has 0 aromatic carbocycles. The largest absolute Gasteiger partial charge is 0.381 e. The second-order valence-corrected chi connectivity index (χ2v) is 7.93. The molecule has 1 saturated carbocycles. The average Bonchev–Trinajstić information content (AvgIpc) is 2.77.